The standard InChI is InChI=1S/C10H16N2/c1-8(2)3-4-9-5-6-12-10(11)7-9/h5-8H,3-4H2,1-2H3,(H2,11,12). The molecule has 1 aromatic heterocycles. The van der Waals surface area contributed by atoms with Crippen molar-refractivity contribution in [2.75, 3.05) is 5.73 Å². The van der Waals surface area contributed by atoms with E-state index in [2.05, 4.69) is 18.8 Å². The zero-order chi connectivity index (χ0) is 8.97. The number of anilines is 1. The summed E-state index contributed by atoms with van der Waals surface area (Å²) < 4.78 is 0. The quantitative estimate of drug-likeness (QED) is 0.744. The molecule has 0 aliphatic heterocycles. The van der Waals surface area contributed by atoms with Gasteiger partial charge in [0.1, 0.15) is 5.82 Å². The molecule has 0 saturated carbocycles. The summed E-state index contributed by atoms with van der Waals surface area (Å²) >= 11 is 0. The van der Waals surface area contributed by atoms with Crippen LogP contribution < -0.4 is 5.73 Å². The van der Waals surface area contributed by atoms with Crippen LogP contribution in [0, 0.1) is 5.92 Å². The predicted octanol–water partition coefficient (Wildman–Crippen LogP) is 2.25. The molecular weight excluding hydrogens is 148 g/mol. The fourth-order valence-electron chi connectivity index (χ4n) is 1.11. The van der Waals surface area contributed by atoms with Gasteiger partial charge in [-0.1, -0.05) is 13.8 Å². The smallest absolute Gasteiger partial charge is 0.123 e. The molecule has 12 heavy (non-hydrogen) atoms. The lowest BCUT2D eigenvalue weighted by atomic mass is 10.0. The van der Waals surface area contributed by atoms with Crippen molar-refractivity contribution in [2.24, 2.45) is 5.92 Å². The molecule has 2 nitrogen and oxygen atoms in total. The third-order valence-corrected chi connectivity index (χ3v) is 1.86. The topological polar surface area (TPSA) is 38.9 Å². The first-order chi connectivity index (χ1) is 5.68. The predicted molar refractivity (Wildman–Crippen MR) is 51.8 cm³/mol. The fourth-order valence-corrected chi connectivity index (χ4v) is 1.11. The van der Waals surface area contributed by atoms with E-state index < -0.39 is 0 Å². The first-order valence-electron chi connectivity index (χ1n) is 4.39. The van der Waals surface area contributed by atoms with Crippen LogP contribution in [0.5, 0.6) is 0 Å². The van der Waals surface area contributed by atoms with Crippen LogP contribution in [0.15, 0.2) is 18.3 Å². The minimum Gasteiger partial charge on any atom is -0.384 e. The second kappa shape index (κ2) is 4.10. The second-order valence-corrected chi connectivity index (χ2v) is 3.52. The van der Waals surface area contributed by atoms with Gasteiger partial charge < -0.3 is 5.73 Å². The minimum absolute atomic E-state index is 0.622. The summed E-state index contributed by atoms with van der Waals surface area (Å²) in [5, 5.41) is 0. The number of hydrogen-bond donors (Lipinski definition) is 1. The number of aromatic nitrogens is 1. The van der Waals surface area contributed by atoms with Crippen LogP contribution >= 0.6 is 0 Å². The minimum atomic E-state index is 0.622. The molecule has 0 saturated heterocycles. The van der Waals surface area contributed by atoms with E-state index in [1.54, 1.807) is 6.20 Å². The van der Waals surface area contributed by atoms with E-state index in [9.17, 15) is 0 Å². The number of nitrogens with zero attached hydrogens (tertiary/aromatic N) is 1. The van der Waals surface area contributed by atoms with Gasteiger partial charge in [-0.25, -0.2) is 4.98 Å². The summed E-state index contributed by atoms with van der Waals surface area (Å²) in [7, 11) is 0. The maximum atomic E-state index is 5.55. The molecule has 0 bridgehead atoms. The number of aryl methyl sites for hydroxylation is 1. The van der Waals surface area contributed by atoms with Gasteiger partial charge in [0.15, 0.2) is 0 Å². The molecule has 1 heterocycles. The highest BCUT2D eigenvalue weighted by atomic mass is 14.8. The van der Waals surface area contributed by atoms with E-state index in [1.165, 1.54) is 12.0 Å². The summed E-state index contributed by atoms with van der Waals surface area (Å²) in [4.78, 5) is 3.94. The molecular formula is C10H16N2. The molecule has 2 heteroatoms. The molecule has 0 fully saturated rings. The monoisotopic (exact) mass is 164 g/mol. The van der Waals surface area contributed by atoms with Gasteiger partial charge in [-0.15, -0.1) is 0 Å². The number of nitrogen functional groups attached to an aromatic ring is 1. The maximum Gasteiger partial charge on any atom is 0.123 e. The molecule has 0 aromatic carbocycles. The van der Waals surface area contributed by atoms with E-state index in [4.69, 9.17) is 5.73 Å². The van der Waals surface area contributed by atoms with E-state index in [0.717, 1.165) is 12.3 Å². The first-order valence-corrected chi connectivity index (χ1v) is 4.39. The number of rotatable bonds is 3. The highest BCUT2D eigenvalue weighted by Gasteiger charge is 1.97. The molecule has 2 N–H and O–H groups in total. The Morgan fingerprint density at radius 2 is 2.25 bits per heavy atom. The van der Waals surface area contributed by atoms with Crippen molar-refractivity contribution >= 4 is 5.82 Å². The van der Waals surface area contributed by atoms with E-state index >= 15 is 0 Å². The van der Waals surface area contributed by atoms with Gasteiger partial charge >= 0.3 is 0 Å². The number of hydrogen-bond acceptors (Lipinski definition) is 2. The lowest BCUT2D eigenvalue weighted by molar-refractivity contribution is 0.586. The zero-order valence-corrected chi connectivity index (χ0v) is 7.75. The normalized spacial score (nSPS) is 10.6. The third kappa shape index (κ3) is 2.91. The van der Waals surface area contributed by atoms with Crippen molar-refractivity contribution in [1.29, 1.82) is 0 Å². The lowest BCUT2D eigenvalue weighted by Gasteiger charge is -2.04. The Labute approximate surface area is 73.8 Å². The van der Waals surface area contributed by atoms with Crippen LogP contribution in [0.3, 0.4) is 0 Å². The Hall–Kier alpha value is -1.05. The molecule has 0 radical (unpaired) electrons. The van der Waals surface area contributed by atoms with Crippen molar-refractivity contribution in [2.45, 2.75) is 26.7 Å². The summed E-state index contributed by atoms with van der Waals surface area (Å²) in [5.74, 6) is 1.37. The molecule has 0 unspecified atom stereocenters. The Kier molecular flexibility index (Phi) is 3.09. The van der Waals surface area contributed by atoms with Gasteiger partial charge in [0.25, 0.3) is 0 Å². The zero-order valence-electron chi connectivity index (χ0n) is 7.75. The number of nitrogens with two attached hydrogens (primary N) is 1. The summed E-state index contributed by atoms with van der Waals surface area (Å²) in [6, 6.07) is 3.97. The highest BCUT2D eigenvalue weighted by molar-refractivity contribution is 5.31. The Bertz CT molecular complexity index is 243. The van der Waals surface area contributed by atoms with Crippen LogP contribution in [0.1, 0.15) is 25.8 Å². The molecule has 0 aliphatic carbocycles. The summed E-state index contributed by atoms with van der Waals surface area (Å²) in [6.07, 6.45) is 4.08. The van der Waals surface area contributed by atoms with Crippen LogP contribution in [0.25, 0.3) is 0 Å². The molecule has 0 spiro atoms. The fraction of sp³-hybridized carbons (Fsp3) is 0.500. The third-order valence-electron chi connectivity index (χ3n) is 1.86. The van der Waals surface area contributed by atoms with Gasteiger partial charge in [0.05, 0.1) is 0 Å². The van der Waals surface area contributed by atoms with Gasteiger partial charge in [0.2, 0.25) is 0 Å². The first kappa shape index (κ1) is 9.04. The van der Waals surface area contributed by atoms with Gasteiger partial charge in [-0.2, -0.15) is 0 Å². The van der Waals surface area contributed by atoms with E-state index in [0.29, 0.717) is 5.82 Å². The molecule has 0 atom stereocenters. The maximum absolute atomic E-state index is 5.55. The van der Waals surface area contributed by atoms with Crippen molar-refractivity contribution in [3.05, 3.63) is 23.9 Å². The SMILES string of the molecule is CC(C)CCc1ccnc(N)c1. The van der Waals surface area contributed by atoms with Crippen molar-refractivity contribution < 1.29 is 0 Å². The van der Waals surface area contributed by atoms with Crippen molar-refractivity contribution in [1.82, 2.24) is 4.98 Å². The van der Waals surface area contributed by atoms with Crippen LogP contribution in [-0.4, -0.2) is 4.98 Å². The van der Waals surface area contributed by atoms with Crippen molar-refractivity contribution in [3.8, 4) is 0 Å². The Balaban J connectivity index is 2.52. The highest BCUT2D eigenvalue weighted by Crippen LogP contribution is 2.09. The summed E-state index contributed by atoms with van der Waals surface area (Å²) in [6.45, 7) is 4.45. The molecule has 0 aliphatic rings. The van der Waals surface area contributed by atoms with Gasteiger partial charge in [-0.05, 0) is 36.5 Å². The van der Waals surface area contributed by atoms with E-state index in [1.807, 2.05) is 12.1 Å². The molecule has 66 valence electrons. The largest absolute Gasteiger partial charge is 0.384 e. The van der Waals surface area contributed by atoms with Crippen LogP contribution in [0.4, 0.5) is 5.82 Å². The van der Waals surface area contributed by atoms with Crippen LogP contribution in [-0.2, 0) is 6.42 Å². The summed E-state index contributed by atoms with van der Waals surface area (Å²) in [5.41, 5.74) is 6.84. The molecule has 1 rings (SSSR count). The number of pyridine rings is 1. The Morgan fingerprint density at radius 1 is 1.50 bits per heavy atom. The van der Waals surface area contributed by atoms with Crippen LogP contribution in [0.2, 0.25) is 0 Å². The van der Waals surface area contributed by atoms with E-state index in [-0.39, 0.29) is 0 Å². The Morgan fingerprint density at radius 3 is 2.83 bits per heavy atom. The lowest BCUT2D eigenvalue weighted by Crippen LogP contribution is -1.95. The molecule has 0 amide bonds. The average Bonchev–Trinajstić information content (AvgIpc) is 2.01. The average molecular weight is 164 g/mol. The molecule has 1 aromatic rings. The second-order valence-electron chi connectivity index (χ2n) is 3.52. The van der Waals surface area contributed by atoms with Gasteiger partial charge in [0, 0.05) is 6.20 Å². The van der Waals surface area contributed by atoms with Crippen molar-refractivity contribution in [3.63, 3.8) is 0 Å². The van der Waals surface area contributed by atoms with Gasteiger partial charge in [-0.3, -0.25) is 0 Å².